The van der Waals surface area contributed by atoms with Gasteiger partial charge in [-0.3, -0.25) is 4.79 Å². The Labute approximate surface area is 140 Å². The van der Waals surface area contributed by atoms with Crippen LogP contribution in [0.4, 0.5) is 5.69 Å². The minimum absolute atomic E-state index is 0.0868. The Hall–Kier alpha value is -2.05. The summed E-state index contributed by atoms with van der Waals surface area (Å²) in [6.07, 6.45) is 1.18. The SMILES string of the molecule is COc1ccccc1CC(=O)Nc1cc(S(C)(=O)=O)ccc1Cl. The molecule has 0 spiro atoms. The molecule has 2 aromatic carbocycles. The van der Waals surface area contributed by atoms with Crippen LogP contribution >= 0.6 is 11.6 Å². The molecule has 0 bridgehead atoms. The fourth-order valence-electron chi connectivity index (χ4n) is 2.05. The van der Waals surface area contributed by atoms with Gasteiger partial charge in [-0.05, 0) is 24.3 Å². The fourth-order valence-corrected chi connectivity index (χ4v) is 2.86. The molecule has 1 N–H and O–H groups in total. The van der Waals surface area contributed by atoms with Gasteiger partial charge in [0.2, 0.25) is 5.91 Å². The Bertz CT molecular complexity index is 834. The van der Waals surface area contributed by atoms with Crippen LogP contribution < -0.4 is 10.1 Å². The standard InChI is InChI=1S/C16H16ClNO4S/c1-22-15-6-4-3-5-11(15)9-16(19)18-14-10-12(23(2,20)21)7-8-13(14)17/h3-8,10H,9H2,1-2H3,(H,18,19). The van der Waals surface area contributed by atoms with Gasteiger partial charge in [0.25, 0.3) is 0 Å². The van der Waals surface area contributed by atoms with Crippen molar-refractivity contribution in [2.75, 3.05) is 18.7 Å². The van der Waals surface area contributed by atoms with E-state index in [9.17, 15) is 13.2 Å². The van der Waals surface area contributed by atoms with Crippen LogP contribution in [-0.4, -0.2) is 27.7 Å². The second-order valence-electron chi connectivity index (χ2n) is 4.95. The van der Waals surface area contributed by atoms with E-state index in [1.165, 1.54) is 25.3 Å². The molecule has 0 fully saturated rings. The first kappa shape index (κ1) is 17.3. The second-order valence-corrected chi connectivity index (χ2v) is 7.37. The van der Waals surface area contributed by atoms with Gasteiger partial charge in [-0.15, -0.1) is 0 Å². The first-order valence-electron chi connectivity index (χ1n) is 6.72. The highest BCUT2D eigenvalue weighted by molar-refractivity contribution is 7.90. The monoisotopic (exact) mass is 353 g/mol. The topological polar surface area (TPSA) is 72.5 Å². The molecule has 0 unspecified atom stereocenters. The summed E-state index contributed by atoms with van der Waals surface area (Å²) in [5.41, 5.74) is 0.984. The van der Waals surface area contributed by atoms with Crippen molar-refractivity contribution in [1.82, 2.24) is 0 Å². The molecule has 0 aliphatic carbocycles. The number of rotatable bonds is 5. The van der Waals surface area contributed by atoms with E-state index in [1.807, 2.05) is 12.1 Å². The molecule has 7 heteroatoms. The zero-order chi connectivity index (χ0) is 17.0. The highest BCUT2D eigenvalue weighted by atomic mass is 35.5. The summed E-state index contributed by atoms with van der Waals surface area (Å²) >= 11 is 6.02. The average Bonchev–Trinajstić information content (AvgIpc) is 2.49. The Morgan fingerprint density at radius 1 is 1.22 bits per heavy atom. The summed E-state index contributed by atoms with van der Waals surface area (Å²) in [5.74, 6) is 0.292. The van der Waals surface area contributed by atoms with Crippen LogP contribution in [0.15, 0.2) is 47.4 Å². The van der Waals surface area contributed by atoms with Gasteiger partial charge in [-0.25, -0.2) is 8.42 Å². The molecule has 0 aliphatic heterocycles. The molecule has 0 aliphatic rings. The maximum absolute atomic E-state index is 12.2. The van der Waals surface area contributed by atoms with Gasteiger partial charge in [0, 0.05) is 11.8 Å². The van der Waals surface area contributed by atoms with E-state index in [0.717, 1.165) is 11.8 Å². The molecule has 2 rings (SSSR count). The number of benzene rings is 2. The quantitative estimate of drug-likeness (QED) is 0.897. The molecule has 0 saturated carbocycles. The van der Waals surface area contributed by atoms with Crippen LogP contribution in [0.1, 0.15) is 5.56 Å². The molecular weight excluding hydrogens is 338 g/mol. The van der Waals surface area contributed by atoms with Gasteiger partial charge >= 0.3 is 0 Å². The Balaban J connectivity index is 2.20. The Morgan fingerprint density at radius 2 is 1.91 bits per heavy atom. The minimum Gasteiger partial charge on any atom is -0.496 e. The number of halogens is 1. The molecule has 5 nitrogen and oxygen atoms in total. The number of nitrogens with one attached hydrogen (secondary N) is 1. The van der Waals surface area contributed by atoms with Crippen LogP contribution in [0.2, 0.25) is 5.02 Å². The van der Waals surface area contributed by atoms with Crippen molar-refractivity contribution in [3.8, 4) is 5.75 Å². The van der Waals surface area contributed by atoms with Crippen molar-refractivity contribution in [2.45, 2.75) is 11.3 Å². The number of anilines is 1. The molecule has 122 valence electrons. The van der Waals surface area contributed by atoms with Crippen molar-refractivity contribution in [3.63, 3.8) is 0 Å². The fraction of sp³-hybridized carbons (Fsp3) is 0.188. The van der Waals surface area contributed by atoms with Crippen molar-refractivity contribution < 1.29 is 17.9 Å². The maximum atomic E-state index is 12.2. The predicted molar refractivity (Wildman–Crippen MR) is 89.9 cm³/mol. The molecule has 0 aromatic heterocycles. The van der Waals surface area contributed by atoms with E-state index >= 15 is 0 Å². The second kappa shape index (κ2) is 7.02. The zero-order valence-electron chi connectivity index (χ0n) is 12.7. The molecule has 1 amide bonds. The average molecular weight is 354 g/mol. The minimum atomic E-state index is -3.38. The zero-order valence-corrected chi connectivity index (χ0v) is 14.2. The third-order valence-electron chi connectivity index (χ3n) is 3.18. The van der Waals surface area contributed by atoms with Crippen molar-refractivity contribution >= 4 is 33.0 Å². The number of carbonyl (C=O) groups excluding carboxylic acids is 1. The van der Waals surface area contributed by atoms with Gasteiger partial charge in [0.05, 0.1) is 29.1 Å². The number of amides is 1. The number of carbonyl (C=O) groups is 1. The highest BCUT2D eigenvalue weighted by Crippen LogP contribution is 2.26. The number of ether oxygens (including phenoxy) is 1. The molecule has 0 atom stereocenters. The third kappa shape index (κ3) is 4.46. The van der Waals surface area contributed by atoms with Crippen molar-refractivity contribution in [1.29, 1.82) is 0 Å². The van der Waals surface area contributed by atoms with Gasteiger partial charge in [0.15, 0.2) is 9.84 Å². The molecule has 2 aromatic rings. The van der Waals surface area contributed by atoms with Gasteiger partial charge < -0.3 is 10.1 Å². The van der Waals surface area contributed by atoms with Gasteiger partial charge in [0.1, 0.15) is 5.75 Å². The van der Waals surface area contributed by atoms with Crippen LogP contribution in [0.25, 0.3) is 0 Å². The number of sulfone groups is 1. The lowest BCUT2D eigenvalue weighted by Gasteiger charge is -2.11. The molecule has 0 saturated heterocycles. The van der Waals surface area contributed by atoms with Crippen molar-refractivity contribution in [2.24, 2.45) is 0 Å². The smallest absolute Gasteiger partial charge is 0.228 e. The molecule has 0 heterocycles. The summed E-state index contributed by atoms with van der Waals surface area (Å²) in [6, 6.07) is 11.4. The summed E-state index contributed by atoms with van der Waals surface area (Å²) in [5, 5.41) is 2.90. The third-order valence-corrected chi connectivity index (χ3v) is 4.62. The Morgan fingerprint density at radius 3 is 2.57 bits per heavy atom. The molecule has 0 radical (unpaired) electrons. The number of hydrogen-bond acceptors (Lipinski definition) is 4. The summed E-state index contributed by atoms with van der Waals surface area (Å²) < 4.78 is 28.4. The lowest BCUT2D eigenvalue weighted by atomic mass is 10.1. The highest BCUT2D eigenvalue weighted by Gasteiger charge is 2.13. The molecular formula is C16H16ClNO4S. The van der Waals surface area contributed by atoms with E-state index in [1.54, 1.807) is 12.1 Å². The van der Waals surface area contributed by atoms with E-state index < -0.39 is 9.84 Å². The lowest BCUT2D eigenvalue weighted by Crippen LogP contribution is -2.15. The van der Waals surface area contributed by atoms with Gasteiger partial charge in [-0.1, -0.05) is 29.8 Å². The maximum Gasteiger partial charge on any atom is 0.228 e. The normalized spacial score (nSPS) is 11.1. The van der Waals surface area contributed by atoms with Crippen LogP contribution in [0, 0.1) is 0 Å². The largest absolute Gasteiger partial charge is 0.496 e. The van der Waals surface area contributed by atoms with E-state index in [2.05, 4.69) is 5.32 Å². The van der Waals surface area contributed by atoms with E-state index in [0.29, 0.717) is 5.75 Å². The first-order chi connectivity index (χ1) is 10.8. The number of hydrogen-bond donors (Lipinski definition) is 1. The molecule has 23 heavy (non-hydrogen) atoms. The predicted octanol–water partition coefficient (Wildman–Crippen LogP) is 2.93. The Kier molecular flexibility index (Phi) is 5.28. The summed E-state index contributed by atoms with van der Waals surface area (Å²) in [6.45, 7) is 0. The number of methoxy groups -OCH3 is 1. The van der Waals surface area contributed by atoms with Crippen molar-refractivity contribution in [3.05, 3.63) is 53.1 Å². The lowest BCUT2D eigenvalue weighted by molar-refractivity contribution is -0.115. The summed E-state index contributed by atoms with van der Waals surface area (Å²) in [4.78, 5) is 12.3. The van der Waals surface area contributed by atoms with E-state index in [4.69, 9.17) is 16.3 Å². The number of para-hydroxylation sites is 1. The summed E-state index contributed by atoms with van der Waals surface area (Å²) in [7, 11) is -1.85. The van der Waals surface area contributed by atoms with Crippen LogP contribution in [0.5, 0.6) is 5.75 Å². The van der Waals surface area contributed by atoms with Crippen LogP contribution in [0.3, 0.4) is 0 Å². The first-order valence-corrected chi connectivity index (χ1v) is 8.99. The van der Waals surface area contributed by atoms with E-state index in [-0.39, 0.29) is 27.9 Å². The van der Waals surface area contributed by atoms with Gasteiger partial charge in [-0.2, -0.15) is 0 Å². The van der Waals surface area contributed by atoms with Crippen LogP contribution in [-0.2, 0) is 21.1 Å².